The molecule has 80 valence electrons. The van der Waals surface area contributed by atoms with Crippen LogP contribution in [0.3, 0.4) is 0 Å². The highest BCUT2D eigenvalue weighted by Crippen LogP contribution is 2.02. The first-order chi connectivity index (χ1) is 6.07. The Balaban J connectivity index is 3.43. The summed E-state index contributed by atoms with van der Waals surface area (Å²) in [5, 5.41) is 9.58. The molecule has 1 unspecified atom stereocenters. The predicted molar refractivity (Wildman–Crippen MR) is 54.8 cm³/mol. The lowest BCUT2D eigenvalue weighted by molar-refractivity contribution is 0.0819. The molecule has 0 heterocycles. The van der Waals surface area contributed by atoms with Crippen LogP contribution in [-0.4, -0.2) is 50.0 Å². The van der Waals surface area contributed by atoms with E-state index in [1.807, 2.05) is 20.9 Å². The molecule has 0 aliphatic carbocycles. The molecule has 0 bridgehead atoms. The topological polar surface area (TPSA) is 32.7 Å². The SMILES string of the molecule is COCCCN(C)CC(O)C(C)C. The van der Waals surface area contributed by atoms with Crippen LogP contribution in [0.1, 0.15) is 20.3 Å². The Bertz CT molecular complexity index is 117. The third-order valence-corrected chi connectivity index (χ3v) is 2.16. The first kappa shape index (κ1) is 12.9. The van der Waals surface area contributed by atoms with Gasteiger partial charge in [0.2, 0.25) is 0 Å². The van der Waals surface area contributed by atoms with E-state index in [0.717, 1.165) is 26.1 Å². The van der Waals surface area contributed by atoms with Gasteiger partial charge in [-0.1, -0.05) is 13.8 Å². The molecule has 0 fully saturated rings. The Morgan fingerprint density at radius 1 is 1.38 bits per heavy atom. The van der Waals surface area contributed by atoms with Crippen LogP contribution in [-0.2, 0) is 4.74 Å². The fraction of sp³-hybridized carbons (Fsp3) is 1.00. The van der Waals surface area contributed by atoms with E-state index in [4.69, 9.17) is 4.74 Å². The number of likely N-dealkylation sites (N-methyl/N-ethyl adjacent to an activating group) is 1. The Labute approximate surface area is 81.7 Å². The molecule has 0 amide bonds. The van der Waals surface area contributed by atoms with Crippen LogP contribution in [0.25, 0.3) is 0 Å². The number of hydrogen-bond donors (Lipinski definition) is 1. The van der Waals surface area contributed by atoms with Crippen molar-refractivity contribution in [3.05, 3.63) is 0 Å². The molecule has 1 N–H and O–H groups in total. The smallest absolute Gasteiger partial charge is 0.0689 e. The van der Waals surface area contributed by atoms with Crippen molar-refractivity contribution in [3.63, 3.8) is 0 Å². The Morgan fingerprint density at radius 3 is 2.46 bits per heavy atom. The molecule has 3 heteroatoms. The van der Waals surface area contributed by atoms with Gasteiger partial charge in [-0.3, -0.25) is 0 Å². The van der Waals surface area contributed by atoms with E-state index < -0.39 is 0 Å². The van der Waals surface area contributed by atoms with Crippen LogP contribution in [0.4, 0.5) is 0 Å². The van der Waals surface area contributed by atoms with Crippen LogP contribution >= 0.6 is 0 Å². The Kier molecular flexibility index (Phi) is 7.23. The second kappa shape index (κ2) is 7.30. The van der Waals surface area contributed by atoms with Crippen LogP contribution < -0.4 is 0 Å². The molecule has 0 saturated heterocycles. The highest BCUT2D eigenvalue weighted by atomic mass is 16.5. The van der Waals surface area contributed by atoms with Gasteiger partial charge in [0, 0.05) is 26.8 Å². The monoisotopic (exact) mass is 189 g/mol. The summed E-state index contributed by atoms with van der Waals surface area (Å²) in [5.74, 6) is 0.338. The second-order valence-corrected chi connectivity index (χ2v) is 3.92. The van der Waals surface area contributed by atoms with Gasteiger partial charge in [0.05, 0.1) is 6.10 Å². The third kappa shape index (κ3) is 6.99. The zero-order chi connectivity index (χ0) is 10.3. The fourth-order valence-corrected chi connectivity index (χ4v) is 1.10. The molecule has 0 aromatic carbocycles. The van der Waals surface area contributed by atoms with E-state index in [2.05, 4.69) is 4.90 Å². The molecule has 13 heavy (non-hydrogen) atoms. The molecule has 0 aromatic heterocycles. The Hall–Kier alpha value is -0.120. The number of ether oxygens (including phenoxy) is 1. The van der Waals surface area contributed by atoms with Crippen LogP contribution in [0.5, 0.6) is 0 Å². The summed E-state index contributed by atoms with van der Waals surface area (Å²) in [6, 6.07) is 0. The number of rotatable bonds is 7. The molecule has 0 aliphatic heterocycles. The average molecular weight is 189 g/mol. The molecule has 0 aliphatic rings. The van der Waals surface area contributed by atoms with Gasteiger partial charge in [-0.15, -0.1) is 0 Å². The first-order valence-electron chi connectivity index (χ1n) is 4.93. The van der Waals surface area contributed by atoms with Gasteiger partial charge in [0.15, 0.2) is 0 Å². The molecule has 3 nitrogen and oxygen atoms in total. The summed E-state index contributed by atoms with van der Waals surface area (Å²) in [7, 11) is 3.74. The van der Waals surface area contributed by atoms with E-state index in [9.17, 15) is 5.11 Å². The zero-order valence-corrected chi connectivity index (χ0v) is 9.29. The zero-order valence-electron chi connectivity index (χ0n) is 9.29. The number of hydrogen-bond acceptors (Lipinski definition) is 3. The molecule has 0 rings (SSSR count). The van der Waals surface area contributed by atoms with Gasteiger partial charge in [-0.25, -0.2) is 0 Å². The van der Waals surface area contributed by atoms with Crippen molar-refractivity contribution in [2.24, 2.45) is 5.92 Å². The molecule has 0 radical (unpaired) electrons. The maximum absolute atomic E-state index is 9.58. The van der Waals surface area contributed by atoms with Crippen LogP contribution in [0.2, 0.25) is 0 Å². The molecular weight excluding hydrogens is 166 g/mol. The highest BCUT2D eigenvalue weighted by Gasteiger charge is 2.11. The van der Waals surface area contributed by atoms with Gasteiger partial charge in [0.25, 0.3) is 0 Å². The van der Waals surface area contributed by atoms with Gasteiger partial charge in [-0.2, -0.15) is 0 Å². The van der Waals surface area contributed by atoms with Crippen molar-refractivity contribution in [2.45, 2.75) is 26.4 Å². The van der Waals surface area contributed by atoms with Crippen molar-refractivity contribution < 1.29 is 9.84 Å². The van der Waals surface area contributed by atoms with Crippen molar-refractivity contribution in [1.82, 2.24) is 4.90 Å². The van der Waals surface area contributed by atoms with Crippen molar-refractivity contribution in [2.75, 3.05) is 33.9 Å². The minimum Gasteiger partial charge on any atom is -0.392 e. The van der Waals surface area contributed by atoms with Crippen molar-refractivity contribution in [3.8, 4) is 0 Å². The van der Waals surface area contributed by atoms with Gasteiger partial charge < -0.3 is 14.7 Å². The summed E-state index contributed by atoms with van der Waals surface area (Å²) in [6.45, 7) is 6.60. The highest BCUT2D eigenvalue weighted by molar-refractivity contribution is 4.64. The molecule has 0 saturated carbocycles. The number of nitrogens with zero attached hydrogens (tertiary/aromatic N) is 1. The summed E-state index contributed by atoms with van der Waals surface area (Å²) < 4.78 is 4.96. The van der Waals surface area contributed by atoms with Crippen molar-refractivity contribution in [1.29, 1.82) is 0 Å². The van der Waals surface area contributed by atoms with Gasteiger partial charge >= 0.3 is 0 Å². The first-order valence-corrected chi connectivity index (χ1v) is 4.93. The maximum Gasteiger partial charge on any atom is 0.0689 e. The van der Waals surface area contributed by atoms with Crippen LogP contribution in [0.15, 0.2) is 0 Å². The lowest BCUT2D eigenvalue weighted by Gasteiger charge is -2.22. The third-order valence-electron chi connectivity index (χ3n) is 2.16. The minimum absolute atomic E-state index is 0.215. The molecular formula is C10H23NO2. The maximum atomic E-state index is 9.58. The van der Waals surface area contributed by atoms with Gasteiger partial charge in [-0.05, 0) is 19.4 Å². The summed E-state index contributed by atoms with van der Waals surface area (Å²) in [4.78, 5) is 2.14. The summed E-state index contributed by atoms with van der Waals surface area (Å²) >= 11 is 0. The van der Waals surface area contributed by atoms with E-state index in [1.54, 1.807) is 7.11 Å². The van der Waals surface area contributed by atoms with Crippen molar-refractivity contribution >= 4 is 0 Å². The molecule has 0 spiro atoms. The van der Waals surface area contributed by atoms with E-state index >= 15 is 0 Å². The number of aliphatic hydroxyl groups excluding tert-OH is 1. The minimum atomic E-state index is -0.215. The average Bonchev–Trinajstić information content (AvgIpc) is 2.04. The van der Waals surface area contributed by atoms with E-state index in [-0.39, 0.29) is 6.10 Å². The summed E-state index contributed by atoms with van der Waals surface area (Å²) in [5.41, 5.74) is 0. The number of aliphatic hydroxyl groups is 1. The second-order valence-electron chi connectivity index (χ2n) is 3.92. The predicted octanol–water partition coefficient (Wildman–Crippen LogP) is 0.972. The van der Waals surface area contributed by atoms with Gasteiger partial charge in [0.1, 0.15) is 0 Å². The standard InChI is InChI=1S/C10H23NO2/c1-9(2)10(12)8-11(3)6-5-7-13-4/h9-10,12H,5-8H2,1-4H3. The Morgan fingerprint density at radius 2 is 2.00 bits per heavy atom. The summed E-state index contributed by atoms with van der Waals surface area (Å²) in [6.07, 6.45) is 0.810. The lowest BCUT2D eigenvalue weighted by Crippen LogP contribution is -2.33. The fourth-order valence-electron chi connectivity index (χ4n) is 1.10. The lowest BCUT2D eigenvalue weighted by atomic mass is 10.1. The quantitative estimate of drug-likeness (QED) is 0.606. The molecule has 1 atom stereocenters. The number of methoxy groups -OCH3 is 1. The largest absolute Gasteiger partial charge is 0.392 e. The van der Waals surface area contributed by atoms with E-state index in [0.29, 0.717) is 5.92 Å². The van der Waals surface area contributed by atoms with Crippen LogP contribution in [0, 0.1) is 5.92 Å². The van der Waals surface area contributed by atoms with E-state index in [1.165, 1.54) is 0 Å². The molecule has 0 aromatic rings. The normalized spacial score (nSPS) is 14.1.